The first-order valence-corrected chi connectivity index (χ1v) is 6.60. The Balaban J connectivity index is 1.76. The SMILES string of the molecule is Cc1cc(NC(=O)[C@H](C)NC(=O)CCc2ccco2)no1. The quantitative estimate of drug-likeness (QED) is 0.843. The summed E-state index contributed by atoms with van der Waals surface area (Å²) in [6.07, 6.45) is 2.31. The molecule has 0 aliphatic carbocycles. The Morgan fingerprint density at radius 1 is 1.43 bits per heavy atom. The summed E-state index contributed by atoms with van der Waals surface area (Å²) in [6.45, 7) is 3.33. The summed E-state index contributed by atoms with van der Waals surface area (Å²) in [4.78, 5) is 23.6. The fourth-order valence-corrected chi connectivity index (χ4v) is 1.73. The van der Waals surface area contributed by atoms with Crippen LogP contribution < -0.4 is 10.6 Å². The molecule has 7 heteroatoms. The van der Waals surface area contributed by atoms with E-state index in [1.165, 1.54) is 0 Å². The molecule has 0 aromatic carbocycles. The number of amides is 2. The van der Waals surface area contributed by atoms with Crippen molar-refractivity contribution < 1.29 is 18.5 Å². The van der Waals surface area contributed by atoms with E-state index in [0.717, 1.165) is 5.76 Å². The highest BCUT2D eigenvalue weighted by Crippen LogP contribution is 2.07. The minimum atomic E-state index is -0.661. The molecule has 2 N–H and O–H groups in total. The molecule has 0 bridgehead atoms. The number of nitrogens with one attached hydrogen (secondary N) is 2. The van der Waals surface area contributed by atoms with Crippen LogP contribution in [-0.4, -0.2) is 23.0 Å². The highest BCUT2D eigenvalue weighted by molar-refractivity contribution is 5.96. The summed E-state index contributed by atoms with van der Waals surface area (Å²) in [5.74, 6) is 1.09. The van der Waals surface area contributed by atoms with Crippen LogP contribution in [0.5, 0.6) is 0 Å². The smallest absolute Gasteiger partial charge is 0.247 e. The molecule has 2 amide bonds. The summed E-state index contributed by atoms with van der Waals surface area (Å²) in [5, 5.41) is 8.83. The number of hydrogen-bond donors (Lipinski definition) is 2. The van der Waals surface area contributed by atoms with E-state index in [2.05, 4.69) is 15.8 Å². The van der Waals surface area contributed by atoms with E-state index < -0.39 is 6.04 Å². The lowest BCUT2D eigenvalue weighted by Gasteiger charge is -2.12. The molecular weight excluding hydrogens is 274 g/mol. The molecule has 2 rings (SSSR count). The lowest BCUT2D eigenvalue weighted by molar-refractivity contribution is -0.126. The van der Waals surface area contributed by atoms with Crippen molar-refractivity contribution in [2.45, 2.75) is 32.7 Å². The van der Waals surface area contributed by atoms with Crippen LogP contribution in [0.4, 0.5) is 5.82 Å². The van der Waals surface area contributed by atoms with Crippen molar-refractivity contribution >= 4 is 17.6 Å². The molecule has 112 valence electrons. The van der Waals surface area contributed by atoms with Gasteiger partial charge in [-0.2, -0.15) is 0 Å². The van der Waals surface area contributed by atoms with Crippen molar-refractivity contribution in [1.29, 1.82) is 0 Å². The summed E-state index contributed by atoms with van der Waals surface area (Å²) in [7, 11) is 0. The monoisotopic (exact) mass is 291 g/mol. The van der Waals surface area contributed by atoms with Crippen LogP contribution in [0.3, 0.4) is 0 Å². The Morgan fingerprint density at radius 2 is 2.24 bits per heavy atom. The minimum Gasteiger partial charge on any atom is -0.469 e. The van der Waals surface area contributed by atoms with Gasteiger partial charge in [-0.15, -0.1) is 0 Å². The van der Waals surface area contributed by atoms with Crippen molar-refractivity contribution in [3.05, 3.63) is 36.0 Å². The van der Waals surface area contributed by atoms with Gasteiger partial charge < -0.3 is 19.6 Å². The number of hydrogen-bond acceptors (Lipinski definition) is 5. The van der Waals surface area contributed by atoms with Crippen LogP contribution in [-0.2, 0) is 16.0 Å². The molecule has 0 saturated carbocycles. The third kappa shape index (κ3) is 4.48. The first-order valence-electron chi connectivity index (χ1n) is 6.60. The third-order valence-electron chi connectivity index (χ3n) is 2.83. The van der Waals surface area contributed by atoms with Crippen LogP contribution in [0.25, 0.3) is 0 Å². The molecule has 0 aliphatic rings. The van der Waals surface area contributed by atoms with Crippen LogP contribution in [0, 0.1) is 6.92 Å². The molecule has 0 spiro atoms. The molecule has 21 heavy (non-hydrogen) atoms. The van der Waals surface area contributed by atoms with Gasteiger partial charge in [-0.1, -0.05) is 5.16 Å². The van der Waals surface area contributed by atoms with Crippen molar-refractivity contribution in [3.63, 3.8) is 0 Å². The Kier molecular flexibility index (Phi) is 4.76. The van der Waals surface area contributed by atoms with Crippen molar-refractivity contribution in [1.82, 2.24) is 10.5 Å². The lowest BCUT2D eigenvalue weighted by Crippen LogP contribution is -2.41. The Bertz CT molecular complexity index is 604. The van der Waals surface area contributed by atoms with Gasteiger partial charge >= 0.3 is 0 Å². The van der Waals surface area contributed by atoms with E-state index in [9.17, 15) is 9.59 Å². The van der Waals surface area contributed by atoms with Crippen molar-refractivity contribution in [3.8, 4) is 0 Å². The largest absolute Gasteiger partial charge is 0.469 e. The molecule has 0 saturated heterocycles. The zero-order chi connectivity index (χ0) is 15.2. The van der Waals surface area contributed by atoms with Crippen LogP contribution in [0.15, 0.2) is 33.4 Å². The molecule has 2 aromatic rings. The summed E-state index contributed by atoms with van der Waals surface area (Å²) in [6, 6.07) is 4.51. The van der Waals surface area contributed by atoms with Gasteiger partial charge in [0.25, 0.3) is 0 Å². The summed E-state index contributed by atoms with van der Waals surface area (Å²) in [5.41, 5.74) is 0. The molecule has 1 atom stereocenters. The van der Waals surface area contributed by atoms with Crippen molar-refractivity contribution in [2.75, 3.05) is 5.32 Å². The van der Waals surface area contributed by atoms with Gasteiger partial charge in [0.15, 0.2) is 5.82 Å². The van der Waals surface area contributed by atoms with Crippen LogP contribution in [0.1, 0.15) is 24.9 Å². The van der Waals surface area contributed by atoms with Crippen LogP contribution in [0.2, 0.25) is 0 Å². The Labute approximate surface area is 121 Å². The number of furan rings is 1. The molecule has 0 radical (unpaired) electrons. The second-order valence-corrected chi connectivity index (χ2v) is 4.68. The standard InChI is InChI=1S/C14H17N3O4/c1-9-8-12(17-21-9)16-14(19)10(2)15-13(18)6-5-11-4-3-7-20-11/h3-4,7-8,10H,5-6H2,1-2H3,(H,15,18)(H,16,17,19)/t10-/m0/s1. The van der Waals surface area contributed by atoms with Gasteiger partial charge in [-0.3, -0.25) is 9.59 Å². The van der Waals surface area contributed by atoms with E-state index >= 15 is 0 Å². The first kappa shape index (κ1) is 14.8. The summed E-state index contributed by atoms with van der Waals surface area (Å²) < 4.78 is 9.98. The second kappa shape index (κ2) is 6.74. The third-order valence-corrected chi connectivity index (χ3v) is 2.83. The van der Waals surface area contributed by atoms with Crippen molar-refractivity contribution in [2.24, 2.45) is 0 Å². The highest BCUT2D eigenvalue weighted by Gasteiger charge is 2.17. The minimum absolute atomic E-state index is 0.217. The van der Waals surface area contributed by atoms with E-state index in [4.69, 9.17) is 8.94 Å². The van der Waals surface area contributed by atoms with Crippen LogP contribution >= 0.6 is 0 Å². The lowest BCUT2D eigenvalue weighted by atomic mass is 10.2. The number of rotatable bonds is 6. The summed E-state index contributed by atoms with van der Waals surface area (Å²) >= 11 is 0. The van der Waals surface area contributed by atoms with E-state index in [1.807, 2.05) is 0 Å². The van der Waals surface area contributed by atoms with Gasteiger partial charge in [0.2, 0.25) is 11.8 Å². The van der Waals surface area contributed by atoms with E-state index in [-0.39, 0.29) is 18.2 Å². The molecular formula is C14H17N3O4. The first-order chi connectivity index (χ1) is 10.0. The van der Waals surface area contributed by atoms with Gasteiger partial charge in [0.05, 0.1) is 6.26 Å². The normalized spacial score (nSPS) is 11.9. The molecule has 0 unspecified atom stereocenters. The predicted molar refractivity (Wildman–Crippen MR) is 74.5 cm³/mol. The molecule has 0 fully saturated rings. The van der Waals surface area contributed by atoms with E-state index in [1.54, 1.807) is 38.3 Å². The number of carbonyl (C=O) groups is 2. The zero-order valence-corrected chi connectivity index (χ0v) is 11.9. The number of anilines is 1. The topological polar surface area (TPSA) is 97.4 Å². The fourth-order valence-electron chi connectivity index (χ4n) is 1.73. The van der Waals surface area contributed by atoms with E-state index in [0.29, 0.717) is 18.0 Å². The fraction of sp³-hybridized carbons (Fsp3) is 0.357. The predicted octanol–water partition coefficient (Wildman–Crippen LogP) is 1.65. The Morgan fingerprint density at radius 3 is 2.86 bits per heavy atom. The van der Waals surface area contributed by atoms with Gasteiger partial charge in [0, 0.05) is 18.9 Å². The second-order valence-electron chi connectivity index (χ2n) is 4.68. The number of carbonyl (C=O) groups excluding carboxylic acids is 2. The average Bonchev–Trinajstić information content (AvgIpc) is 3.08. The number of nitrogens with zero attached hydrogens (tertiary/aromatic N) is 1. The maximum Gasteiger partial charge on any atom is 0.247 e. The number of aromatic nitrogens is 1. The van der Waals surface area contributed by atoms with Gasteiger partial charge in [-0.05, 0) is 26.0 Å². The molecule has 7 nitrogen and oxygen atoms in total. The van der Waals surface area contributed by atoms with Gasteiger partial charge in [0.1, 0.15) is 17.6 Å². The average molecular weight is 291 g/mol. The van der Waals surface area contributed by atoms with Gasteiger partial charge in [-0.25, -0.2) is 0 Å². The highest BCUT2D eigenvalue weighted by atomic mass is 16.5. The zero-order valence-electron chi connectivity index (χ0n) is 11.9. The maximum absolute atomic E-state index is 11.9. The molecule has 2 aromatic heterocycles. The Hall–Kier alpha value is -2.57. The molecule has 0 aliphatic heterocycles. The number of aryl methyl sites for hydroxylation is 2. The molecule has 2 heterocycles. The maximum atomic E-state index is 11.9.